The van der Waals surface area contributed by atoms with E-state index >= 15 is 4.39 Å². The van der Waals surface area contributed by atoms with Crippen molar-refractivity contribution in [1.29, 1.82) is 0 Å². The van der Waals surface area contributed by atoms with Crippen molar-refractivity contribution < 1.29 is 13.6 Å². The second kappa shape index (κ2) is 11.1. The van der Waals surface area contributed by atoms with E-state index in [1.54, 1.807) is 6.07 Å². The predicted molar refractivity (Wildman–Crippen MR) is 145 cm³/mol. The Hall–Kier alpha value is -0.823. The van der Waals surface area contributed by atoms with Crippen LogP contribution in [0.1, 0.15) is 81.1 Å². The zero-order valence-electron chi connectivity index (χ0n) is 22.5. The van der Waals surface area contributed by atoms with Crippen LogP contribution in [0.5, 0.6) is 5.75 Å². The van der Waals surface area contributed by atoms with E-state index in [2.05, 4.69) is 65.6 Å². The average molecular weight is 513 g/mol. The van der Waals surface area contributed by atoms with Crippen LogP contribution in [-0.2, 0) is 4.43 Å². The summed E-state index contributed by atoms with van der Waals surface area (Å²) in [6, 6.07) is 4.28. The molecule has 3 rings (SSSR count). The number of fused-ring (bicyclic) bond motifs is 1. The van der Waals surface area contributed by atoms with E-state index in [-0.39, 0.29) is 11.3 Å². The summed E-state index contributed by atoms with van der Waals surface area (Å²) in [4.78, 5) is 2.36. The fourth-order valence-corrected chi connectivity index (χ4v) is 12.4. The molecule has 1 heterocycles. The third-order valence-corrected chi connectivity index (χ3v) is 14.4. The largest absolute Gasteiger partial charge is 0.487 e. The van der Waals surface area contributed by atoms with Crippen molar-refractivity contribution in [3.05, 3.63) is 23.0 Å². The van der Waals surface area contributed by atoms with Crippen LogP contribution in [0.25, 0.3) is 0 Å². The molecular weight excluding hydrogens is 467 g/mol. The van der Waals surface area contributed by atoms with E-state index in [0.717, 1.165) is 25.1 Å². The summed E-state index contributed by atoms with van der Waals surface area (Å²) < 4.78 is 27.6. The first-order valence-electron chi connectivity index (χ1n) is 13.2. The first-order chi connectivity index (χ1) is 15.9. The fraction of sp³-hybridized carbons (Fsp3) is 0.778. The van der Waals surface area contributed by atoms with Crippen molar-refractivity contribution in [2.45, 2.75) is 115 Å². The van der Waals surface area contributed by atoms with Gasteiger partial charge in [0.25, 0.3) is 0 Å². The molecule has 7 heteroatoms. The van der Waals surface area contributed by atoms with E-state index < -0.39 is 14.1 Å². The van der Waals surface area contributed by atoms with E-state index in [4.69, 9.17) is 20.8 Å². The first-order valence-corrected chi connectivity index (χ1v) is 15.7. The normalized spacial score (nSPS) is 23.0. The lowest BCUT2D eigenvalue weighted by atomic mass is 9.83. The van der Waals surface area contributed by atoms with Gasteiger partial charge in [-0.15, -0.1) is 0 Å². The van der Waals surface area contributed by atoms with Gasteiger partial charge in [0, 0.05) is 35.9 Å². The molecule has 0 radical (unpaired) electrons. The van der Waals surface area contributed by atoms with Crippen LogP contribution in [0, 0.1) is 5.82 Å². The van der Waals surface area contributed by atoms with Crippen LogP contribution in [0.4, 0.5) is 10.1 Å². The summed E-state index contributed by atoms with van der Waals surface area (Å²) in [7, 11) is -1.97. The van der Waals surface area contributed by atoms with Crippen LogP contribution in [-0.4, -0.2) is 45.7 Å². The van der Waals surface area contributed by atoms with Gasteiger partial charge in [-0.25, -0.2) is 4.39 Å². The number of hydrogen-bond donors (Lipinski definition) is 1. The zero-order valence-corrected chi connectivity index (χ0v) is 24.3. The lowest BCUT2D eigenvalue weighted by Gasteiger charge is -2.52. The lowest BCUT2D eigenvalue weighted by molar-refractivity contribution is 0.193. The molecule has 0 aromatic heterocycles. The Morgan fingerprint density at radius 1 is 1.06 bits per heavy atom. The van der Waals surface area contributed by atoms with E-state index in [9.17, 15) is 0 Å². The van der Waals surface area contributed by atoms with Crippen LogP contribution < -0.4 is 15.0 Å². The highest BCUT2D eigenvalue weighted by Crippen LogP contribution is 2.42. The van der Waals surface area contributed by atoms with Gasteiger partial charge in [0.15, 0.2) is 19.9 Å². The van der Waals surface area contributed by atoms with Gasteiger partial charge in [-0.2, -0.15) is 0 Å². The minimum Gasteiger partial charge on any atom is -0.487 e. The first kappa shape index (κ1) is 27.8. The fourth-order valence-electron chi connectivity index (χ4n) is 6.74. The maximum atomic E-state index is 15.2. The van der Waals surface area contributed by atoms with Gasteiger partial charge in [0.2, 0.25) is 0 Å². The van der Waals surface area contributed by atoms with E-state index in [0.29, 0.717) is 46.9 Å². The molecule has 0 amide bonds. The maximum absolute atomic E-state index is 15.2. The van der Waals surface area contributed by atoms with E-state index in [1.807, 2.05) is 6.07 Å². The molecule has 1 saturated heterocycles. The molecule has 2 aliphatic rings. The zero-order chi connectivity index (χ0) is 25.3. The number of benzene rings is 1. The smallest absolute Gasteiger partial charge is 0.200 e. The number of ether oxygens (including phenoxy) is 1. The van der Waals surface area contributed by atoms with Crippen molar-refractivity contribution in [3.8, 4) is 5.75 Å². The highest BCUT2D eigenvalue weighted by molar-refractivity contribution is 6.77. The molecule has 1 aliphatic heterocycles. The Kier molecular flexibility index (Phi) is 9.03. The molecule has 1 saturated carbocycles. The van der Waals surface area contributed by atoms with Gasteiger partial charge in [0.05, 0.1) is 11.6 Å². The lowest BCUT2D eigenvalue weighted by Crippen LogP contribution is -2.67. The molecule has 1 aromatic carbocycles. The number of nitrogens with zero attached hydrogens (tertiary/aromatic N) is 1. The number of nitrogens with one attached hydrogen (secondary N) is 1. The highest BCUT2D eigenvalue weighted by Gasteiger charge is 2.45. The summed E-state index contributed by atoms with van der Waals surface area (Å²) >= 11 is 6.58. The molecule has 0 spiro atoms. The molecule has 1 N–H and O–H groups in total. The summed E-state index contributed by atoms with van der Waals surface area (Å²) in [5, 5.41) is 4.13. The van der Waals surface area contributed by atoms with Crippen molar-refractivity contribution in [2.24, 2.45) is 0 Å². The second-order valence-electron chi connectivity index (χ2n) is 11.9. The van der Waals surface area contributed by atoms with Crippen molar-refractivity contribution in [2.75, 3.05) is 24.7 Å². The van der Waals surface area contributed by atoms with Crippen LogP contribution in [0.15, 0.2) is 12.1 Å². The minimum atomic E-state index is -1.97. The highest BCUT2D eigenvalue weighted by atomic mass is 35.5. The molecule has 0 bridgehead atoms. The monoisotopic (exact) mass is 512 g/mol. The summed E-state index contributed by atoms with van der Waals surface area (Å²) in [6.45, 7) is 19.6. The van der Waals surface area contributed by atoms with Gasteiger partial charge in [-0.1, -0.05) is 66.0 Å². The van der Waals surface area contributed by atoms with Gasteiger partial charge in [-0.05, 0) is 49.4 Å². The average Bonchev–Trinajstić information content (AvgIpc) is 2.73. The maximum Gasteiger partial charge on any atom is 0.200 e. The van der Waals surface area contributed by atoms with Crippen LogP contribution in [0.2, 0.25) is 21.6 Å². The molecular formula is C27H46ClFN2O2Si. The summed E-state index contributed by atoms with van der Waals surface area (Å²) in [6.07, 6.45) is 4.74. The van der Waals surface area contributed by atoms with Crippen LogP contribution >= 0.6 is 11.6 Å². The minimum absolute atomic E-state index is 0.0341. The van der Waals surface area contributed by atoms with Gasteiger partial charge in [0.1, 0.15) is 6.61 Å². The predicted octanol–water partition coefficient (Wildman–Crippen LogP) is 7.55. The molecule has 0 unspecified atom stereocenters. The molecule has 1 aliphatic carbocycles. The Bertz CT molecular complexity index is 788. The quantitative estimate of drug-likeness (QED) is 0.273. The molecule has 4 nitrogen and oxygen atoms in total. The SMILES string of the molecule is CC(C)[Si](OCCOc1c(F)cc(N2CC(C)(C)N[C@@H]3CCCC[C@H]32)cc1Cl)(C(C)C)C(C)C. The molecule has 194 valence electrons. The van der Waals surface area contributed by atoms with Crippen LogP contribution in [0.3, 0.4) is 0 Å². The number of piperazine rings is 1. The summed E-state index contributed by atoms with van der Waals surface area (Å²) in [5.41, 5.74) is 2.31. The van der Waals surface area contributed by atoms with Gasteiger partial charge >= 0.3 is 0 Å². The molecule has 34 heavy (non-hydrogen) atoms. The molecule has 2 fully saturated rings. The third kappa shape index (κ3) is 5.76. The number of anilines is 1. The molecule has 1 aromatic rings. The van der Waals surface area contributed by atoms with E-state index in [1.165, 1.54) is 12.8 Å². The topological polar surface area (TPSA) is 33.7 Å². The Morgan fingerprint density at radius 2 is 1.68 bits per heavy atom. The number of rotatable bonds is 9. The second-order valence-corrected chi connectivity index (χ2v) is 17.7. The summed E-state index contributed by atoms with van der Waals surface area (Å²) in [5.74, 6) is -0.263. The van der Waals surface area contributed by atoms with Crippen molar-refractivity contribution >= 4 is 25.6 Å². The third-order valence-electron chi connectivity index (χ3n) is 7.98. The molecule has 2 atom stereocenters. The van der Waals surface area contributed by atoms with Gasteiger partial charge < -0.3 is 19.4 Å². The van der Waals surface area contributed by atoms with Crippen molar-refractivity contribution in [3.63, 3.8) is 0 Å². The number of hydrogen-bond acceptors (Lipinski definition) is 4. The Morgan fingerprint density at radius 3 is 2.26 bits per heavy atom. The van der Waals surface area contributed by atoms with Crippen molar-refractivity contribution in [1.82, 2.24) is 5.32 Å². The number of halogens is 2. The Labute approximate surface area is 213 Å². The van der Waals surface area contributed by atoms with Gasteiger partial charge in [-0.3, -0.25) is 0 Å². The Balaban J connectivity index is 1.71. The standard InChI is InChI=1S/C27H46ClFN2O2Si/c1-18(2)34(19(3)4,20(5)6)33-14-13-32-26-22(28)15-21(16-23(26)29)31-17-27(7,8)30-24-11-9-10-12-25(24)31/h15-16,18-20,24-25,30H,9-14,17H2,1-8H3/t24-,25-/m1/s1.